The van der Waals surface area contributed by atoms with Gasteiger partial charge in [0.2, 0.25) is 0 Å². The molecule has 3 aromatic rings. The lowest BCUT2D eigenvalue weighted by molar-refractivity contribution is -0.133. The zero-order valence-electron chi connectivity index (χ0n) is 19.0. The number of amides is 1. The maximum atomic E-state index is 14.8. The summed E-state index contributed by atoms with van der Waals surface area (Å²) >= 11 is 0. The summed E-state index contributed by atoms with van der Waals surface area (Å²) in [7, 11) is 0. The van der Waals surface area contributed by atoms with Crippen LogP contribution in [0.5, 0.6) is 0 Å². The molecule has 1 unspecified atom stereocenters. The largest absolute Gasteiger partial charge is 0.406 e. The van der Waals surface area contributed by atoms with Gasteiger partial charge in [0.05, 0.1) is 23.9 Å². The molecular weight excluding hydrogens is 483 g/mol. The maximum Gasteiger partial charge on any atom is 0.406 e. The van der Waals surface area contributed by atoms with Crippen LogP contribution in [0.3, 0.4) is 0 Å². The second-order valence-corrected chi connectivity index (χ2v) is 8.25. The third-order valence-electron chi connectivity index (χ3n) is 5.66. The van der Waals surface area contributed by atoms with E-state index in [1.54, 1.807) is 13.1 Å². The van der Waals surface area contributed by atoms with E-state index in [1.165, 1.54) is 29.1 Å². The van der Waals surface area contributed by atoms with E-state index in [1.807, 2.05) is 0 Å². The third-order valence-corrected chi connectivity index (χ3v) is 5.66. The van der Waals surface area contributed by atoms with E-state index in [0.717, 1.165) is 24.4 Å². The Kier molecular flexibility index (Phi) is 6.86. The number of anilines is 1. The van der Waals surface area contributed by atoms with Crippen molar-refractivity contribution in [3.8, 4) is 5.69 Å². The van der Waals surface area contributed by atoms with Gasteiger partial charge < -0.3 is 15.3 Å². The van der Waals surface area contributed by atoms with E-state index < -0.39 is 36.3 Å². The van der Waals surface area contributed by atoms with Crippen molar-refractivity contribution in [1.82, 2.24) is 9.55 Å². The van der Waals surface area contributed by atoms with Gasteiger partial charge in [-0.05, 0) is 55.7 Å². The van der Waals surface area contributed by atoms with Gasteiger partial charge in [0, 0.05) is 17.4 Å². The highest BCUT2D eigenvalue weighted by Crippen LogP contribution is 2.31. The van der Waals surface area contributed by atoms with Gasteiger partial charge in [0.1, 0.15) is 29.9 Å². The fourth-order valence-corrected chi connectivity index (χ4v) is 3.98. The number of nitrogens with two attached hydrogens (primary N) is 1. The molecule has 1 aromatic heterocycles. The molecule has 0 saturated heterocycles. The van der Waals surface area contributed by atoms with E-state index >= 15 is 0 Å². The predicted molar refractivity (Wildman–Crippen MR) is 124 cm³/mol. The van der Waals surface area contributed by atoms with Gasteiger partial charge in [-0.2, -0.15) is 18.3 Å². The number of halogens is 5. The van der Waals surface area contributed by atoms with Crippen LogP contribution >= 0.6 is 0 Å². The van der Waals surface area contributed by atoms with Crippen LogP contribution in [0.25, 0.3) is 5.69 Å². The molecule has 0 radical (unpaired) electrons. The van der Waals surface area contributed by atoms with E-state index in [-0.39, 0.29) is 41.1 Å². The number of hydrazone groups is 1. The Bertz CT molecular complexity index is 1350. The van der Waals surface area contributed by atoms with Crippen molar-refractivity contribution in [2.75, 3.05) is 11.4 Å². The van der Waals surface area contributed by atoms with Gasteiger partial charge in [-0.25, -0.2) is 13.8 Å². The summed E-state index contributed by atoms with van der Waals surface area (Å²) in [6.07, 6.45) is -0.298. The summed E-state index contributed by atoms with van der Waals surface area (Å²) in [5.41, 5.74) is 1.46. The van der Waals surface area contributed by atoms with Crippen LogP contribution < -0.4 is 10.7 Å². The molecule has 1 amide bonds. The van der Waals surface area contributed by atoms with E-state index in [9.17, 15) is 26.7 Å². The Labute approximate surface area is 202 Å². The molecule has 2 heterocycles. The summed E-state index contributed by atoms with van der Waals surface area (Å²) in [4.78, 5) is 21.8. The summed E-state index contributed by atoms with van der Waals surface area (Å²) in [5.74, 6) is 3.34. The van der Waals surface area contributed by atoms with Crippen LogP contribution in [0.2, 0.25) is 0 Å². The number of aliphatic imine (C=N–C) groups is 1. The van der Waals surface area contributed by atoms with Crippen LogP contribution in [0, 0.1) is 18.6 Å². The molecule has 0 fully saturated rings. The minimum Gasteiger partial charge on any atom is -0.323 e. The Morgan fingerprint density at radius 3 is 2.58 bits per heavy atom. The highest BCUT2D eigenvalue weighted by atomic mass is 19.4. The molecule has 7 nitrogen and oxygen atoms in total. The van der Waals surface area contributed by atoms with E-state index in [2.05, 4.69) is 15.1 Å². The number of aromatic nitrogens is 2. The first-order valence-corrected chi connectivity index (χ1v) is 10.8. The third kappa shape index (κ3) is 5.42. The normalized spacial score (nSPS) is 16.9. The van der Waals surface area contributed by atoms with Crippen LogP contribution in [-0.2, 0) is 11.2 Å². The van der Waals surface area contributed by atoms with Crippen molar-refractivity contribution in [2.24, 2.45) is 15.9 Å². The SMILES string of the molecule is Cc1cn(-c2ccc(C(C=NC3CCc4cc(F)ccc4N(CC(F)(F)F)C3=O)=NN)cc2F)cn1. The minimum absolute atomic E-state index is 0.0171. The van der Waals surface area contributed by atoms with Gasteiger partial charge in [-0.3, -0.25) is 9.79 Å². The fourth-order valence-electron chi connectivity index (χ4n) is 3.98. The Morgan fingerprint density at radius 1 is 1.19 bits per heavy atom. The first-order chi connectivity index (χ1) is 17.1. The number of carbonyl (C=O) groups is 1. The molecule has 2 N–H and O–H groups in total. The number of benzene rings is 2. The van der Waals surface area contributed by atoms with Gasteiger partial charge in [-0.1, -0.05) is 6.07 Å². The summed E-state index contributed by atoms with van der Waals surface area (Å²) < 4.78 is 69.7. The summed E-state index contributed by atoms with van der Waals surface area (Å²) in [6, 6.07) is 6.24. The Hall–Kier alpha value is -4.09. The quantitative estimate of drug-likeness (QED) is 0.246. The highest BCUT2D eigenvalue weighted by molar-refractivity contribution is 6.38. The maximum absolute atomic E-state index is 14.8. The first-order valence-electron chi connectivity index (χ1n) is 10.8. The van der Waals surface area contributed by atoms with Crippen molar-refractivity contribution in [3.05, 3.63) is 77.4 Å². The molecule has 0 saturated carbocycles. The number of rotatable bonds is 5. The lowest BCUT2D eigenvalue weighted by atomic mass is 10.1. The van der Waals surface area contributed by atoms with Gasteiger partial charge >= 0.3 is 6.18 Å². The summed E-state index contributed by atoms with van der Waals surface area (Å²) in [6.45, 7) is 0.215. The van der Waals surface area contributed by atoms with Crippen molar-refractivity contribution >= 4 is 23.5 Å². The molecule has 12 heteroatoms. The molecule has 0 aliphatic carbocycles. The lowest BCUT2D eigenvalue weighted by Crippen LogP contribution is -2.43. The Morgan fingerprint density at radius 2 is 1.94 bits per heavy atom. The van der Waals surface area contributed by atoms with Crippen LogP contribution in [0.4, 0.5) is 27.6 Å². The molecular formula is C24H21F5N6O. The monoisotopic (exact) mass is 504 g/mol. The van der Waals surface area contributed by atoms with Gasteiger partial charge in [0.25, 0.3) is 5.91 Å². The number of imidazole rings is 1. The molecule has 188 valence electrons. The van der Waals surface area contributed by atoms with Crippen molar-refractivity contribution in [1.29, 1.82) is 0 Å². The van der Waals surface area contributed by atoms with E-state index in [0.29, 0.717) is 10.6 Å². The lowest BCUT2D eigenvalue weighted by Gasteiger charge is -2.25. The van der Waals surface area contributed by atoms with Crippen LogP contribution in [-0.4, -0.2) is 46.1 Å². The Balaban J connectivity index is 1.60. The number of hydrogen-bond donors (Lipinski definition) is 1. The topological polar surface area (TPSA) is 88.9 Å². The molecule has 4 rings (SSSR count). The standard InChI is InChI=1S/C24H21F5N6O/c1-14-11-34(13-32-14)22-6-3-15(9-18(22)26)20(33-30)10-31-19-5-2-16-8-17(25)4-7-21(16)35(23(19)36)12-24(27,28)29/h3-4,6-11,13,19H,2,5,12,30H2,1H3. The number of aryl methyl sites for hydroxylation is 2. The highest BCUT2D eigenvalue weighted by Gasteiger charge is 2.38. The zero-order valence-corrected chi connectivity index (χ0v) is 19.0. The van der Waals surface area contributed by atoms with E-state index in [4.69, 9.17) is 5.84 Å². The predicted octanol–water partition coefficient (Wildman–Crippen LogP) is 4.10. The number of fused-ring (bicyclic) bond motifs is 1. The summed E-state index contributed by atoms with van der Waals surface area (Å²) in [5, 5.41) is 3.60. The molecule has 0 bridgehead atoms. The average Bonchev–Trinajstić information content (AvgIpc) is 3.20. The van der Waals surface area contributed by atoms with Gasteiger partial charge in [-0.15, -0.1) is 0 Å². The van der Waals surface area contributed by atoms with Gasteiger partial charge in [0.15, 0.2) is 0 Å². The molecule has 1 atom stereocenters. The fraction of sp³-hybridized carbons (Fsp3) is 0.250. The minimum atomic E-state index is -4.68. The second kappa shape index (κ2) is 9.88. The van der Waals surface area contributed by atoms with Crippen LogP contribution in [0.1, 0.15) is 23.2 Å². The average molecular weight is 504 g/mol. The number of carbonyl (C=O) groups excluding carboxylic acids is 1. The first kappa shape index (κ1) is 25.0. The number of hydrogen-bond acceptors (Lipinski definition) is 5. The number of alkyl halides is 3. The molecule has 1 aliphatic heterocycles. The van der Waals surface area contributed by atoms with Crippen molar-refractivity contribution in [3.63, 3.8) is 0 Å². The van der Waals surface area contributed by atoms with Crippen molar-refractivity contribution in [2.45, 2.75) is 32.0 Å². The number of nitrogens with zero attached hydrogens (tertiary/aromatic N) is 5. The molecule has 36 heavy (non-hydrogen) atoms. The smallest absolute Gasteiger partial charge is 0.323 e. The molecule has 1 aliphatic rings. The second-order valence-electron chi connectivity index (χ2n) is 8.25. The zero-order chi connectivity index (χ0) is 26.0. The molecule has 2 aromatic carbocycles. The molecule has 0 spiro atoms. The van der Waals surface area contributed by atoms with Crippen molar-refractivity contribution < 1.29 is 26.7 Å². The van der Waals surface area contributed by atoms with Crippen LogP contribution in [0.15, 0.2) is 59.0 Å².